The fourth-order valence-corrected chi connectivity index (χ4v) is 4.83. The topological polar surface area (TPSA) is 50.5 Å². The van der Waals surface area contributed by atoms with E-state index < -0.39 is 0 Å². The Morgan fingerprint density at radius 2 is 2.10 bits per heavy atom. The first-order valence-electron chi connectivity index (χ1n) is 9.91. The molecule has 4 rings (SSSR count). The number of nitrogens with one attached hydrogen (secondary N) is 1. The SMILES string of the molecule is COCCCN1C(=S)N[C@@H](c2ccccn2)[C@@H]1c1ccc(-c2ccc(C)cc2Br)o1. The van der Waals surface area contributed by atoms with Gasteiger partial charge in [-0.1, -0.05) is 28.1 Å². The fraction of sp³-hybridized carbons (Fsp3) is 0.304. The van der Waals surface area contributed by atoms with Crippen molar-refractivity contribution in [2.45, 2.75) is 25.4 Å². The third-order valence-corrected chi connectivity index (χ3v) is 6.26. The lowest BCUT2D eigenvalue weighted by molar-refractivity contribution is 0.177. The second-order valence-electron chi connectivity index (χ2n) is 7.35. The molecule has 1 aliphatic rings. The molecule has 0 amide bonds. The van der Waals surface area contributed by atoms with Crippen molar-refractivity contribution in [1.82, 2.24) is 15.2 Å². The zero-order chi connectivity index (χ0) is 21.1. The monoisotopic (exact) mass is 485 g/mol. The summed E-state index contributed by atoms with van der Waals surface area (Å²) in [6.07, 6.45) is 2.68. The first kappa shape index (κ1) is 21.0. The summed E-state index contributed by atoms with van der Waals surface area (Å²) in [6.45, 7) is 3.53. The van der Waals surface area contributed by atoms with E-state index in [-0.39, 0.29) is 12.1 Å². The molecule has 0 unspecified atom stereocenters. The number of nitrogens with zero attached hydrogens (tertiary/aromatic N) is 2. The van der Waals surface area contributed by atoms with Crippen LogP contribution in [-0.2, 0) is 4.74 Å². The van der Waals surface area contributed by atoms with Crippen molar-refractivity contribution in [3.8, 4) is 11.3 Å². The van der Waals surface area contributed by atoms with E-state index >= 15 is 0 Å². The Morgan fingerprint density at radius 3 is 2.83 bits per heavy atom. The van der Waals surface area contributed by atoms with E-state index in [4.69, 9.17) is 21.4 Å². The number of aromatic nitrogens is 1. The number of thiocarbonyl (C=S) groups is 1. The van der Waals surface area contributed by atoms with Crippen molar-refractivity contribution in [3.05, 3.63) is 76.2 Å². The van der Waals surface area contributed by atoms with Gasteiger partial charge < -0.3 is 19.4 Å². The van der Waals surface area contributed by atoms with Crippen LogP contribution in [0.5, 0.6) is 0 Å². The van der Waals surface area contributed by atoms with Crippen LogP contribution < -0.4 is 5.32 Å². The molecular formula is C23H24BrN3O2S. The lowest BCUT2D eigenvalue weighted by atomic mass is 10.0. The number of halogens is 1. The van der Waals surface area contributed by atoms with Crippen molar-refractivity contribution in [3.63, 3.8) is 0 Å². The number of ether oxygens (including phenoxy) is 1. The van der Waals surface area contributed by atoms with E-state index in [1.165, 1.54) is 5.56 Å². The molecule has 156 valence electrons. The predicted molar refractivity (Wildman–Crippen MR) is 125 cm³/mol. The molecule has 1 saturated heterocycles. The summed E-state index contributed by atoms with van der Waals surface area (Å²) in [5, 5.41) is 4.16. The normalized spacial score (nSPS) is 18.6. The molecule has 5 nitrogen and oxygen atoms in total. The van der Waals surface area contributed by atoms with E-state index in [1.54, 1.807) is 7.11 Å². The van der Waals surface area contributed by atoms with Crippen LogP contribution in [0.2, 0.25) is 0 Å². The maximum Gasteiger partial charge on any atom is 0.170 e. The summed E-state index contributed by atoms with van der Waals surface area (Å²) >= 11 is 9.34. The molecule has 0 radical (unpaired) electrons. The number of rotatable bonds is 7. The van der Waals surface area contributed by atoms with Crippen LogP contribution in [0.3, 0.4) is 0 Å². The van der Waals surface area contributed by atoms with Crippen molar-refractivity contribution < 1.29 is 9.15 Å². The molecular weight excluding hydrogens is 462 g/mol. The number of hydrogen-bond donors (Lipinski definition) is 1. The summed E-state index contributed by atoms with van der Waals surface area (Å²) in [6, 6.07) is 16.1. The average molecular weight is 486 g/mol. The first-order chi connectivity index (χ1) is 14.6. The molecule has 0 spiro atoms. The quantitative estimate of drug-likeness (QED) is 0.356. The van der Waals surface area contributed by atoms with Crippen LogP contribution in [0, 0.1) is 6.92 Å². The van der Waals surface area contributed by atoms with E-state index in [2.05, 4.69) is 56.3 Å². The summed E-state index contributed by atoms with van der Waals surface area (Å²) in [5.74, 6) is 1.68. The highest BCUT2D eigenvalue weighted by Crippen LogP contribution is 2.41. The lowest BCUT2D eigenvalue weighted by Gasteiger charge is -2.26. The second-order valence-corrected chi connectivity index (χ2v) is 8.59. The molecule has 3 aromatic rings. The van der Waals surface area contributed by atoms with E-state index in [0.29, 0.717) is 11.7 Å². The molecule has 30 heavy (non-hydrogen) atoms. The summed E-state index contributed by atoms with van der Waals surface area (Å²) in [7, 11) is 1.72. The van der Waals surface area contributed by atoms with E-state index in [1.807, 2.05) is 36.5 Å². The van der Waals surface area contributed by atoms with Crippen molar-refractivity contribution in [2.24, 2.45) is 0 Å². The van der Waals surface area contributed by atoms with Crippen LogP contribution in [0.15, 0.2) is 63.6 Å². The standard InChI is InChI=1S/C23H24BrN3O2S/c1-15-7-8-16(17(24)14-15)19-9-10-20(29-19)22-21(18-6-3-4-11-25-18)26-23(30)27(22)12-5-13-28-2/h3-4,6-11,14,21-22H,5,12-13H2,1-2H3,(H,26,30)/t21-,22-/m0/s1. The molecule has 0 bridgehead atoms. The van der Waals surface area contributed by atoms with Gasteiger partial charge in [0.15, 0.2) is 5.11 Å². The molecule has 0 aliphatic carbocycles. The molecule has 0 saturated carbocycles. The highest BCUT2D eigenvalue weighted by molar-refractivity contribution is 9.10. The van der Waals surface area contributed by atoms with Gasteiger partial charge in [-0.25, -0.2) is 0 Å². The minimum Gasteiger partial charge on any atom is -0.459 e. The Labute approximate surface area is 190 Å². The minimum atomic E-state index is -0.0818. The molecule has 2 aromatic heterocycles. The Balaban J connectivity index is 1.69. The molecule has 2 atom stereocenters. The Bertz CT molecular complexity index is 1020. The van der Waals surface area contributed by atoms with Crippen LogP contribution in [0.1, 0.15) is 35.5 Å². The minimum absolute atomic E-state index is 0.0813. The van der Waals surface area contributed by atoms with Gasteiger partial charge in [-0.2, -0.15) is 0 Å². The summed E-state index contributed by atoms with van der Waals surface area (Å²) in [5.41, 5.74) is 3.16. The fourth-order valence-electron chi connectivity index (χ4n) is 3.81. The highest BCUT2D eigenvalue weighted by Gasteiger charge is 2.41. The molecule has 1 fully saturated rings. The van der Waals surface area contributed by atoms with Gasteiger partial charge in [0.2, 0.25) is 0 Å². The van der Waals surface area contributed by atoms with Crippen molar-refractivity contribution >= 4 is 33.3 Å². The van der Waals surface area contributed by atoms with Crippen molar-refractivity contribution in [1.29, 1.82) is 0 Å². The highest BCUT2D eigenvalue weighted by atomic mass is 79.9. The number of methoxy groups -OCH3 is 1. The zero-order valence-corrected chi connectivity index (χ0v) is 19.4. The maximum atomic E-state index is 6.38. The molecule has 3 heterocycles. The van der Waals surface area contributed by atoms with Crippen LogP contribution in [0.4, 0.5) is 0 Å². The molecule has 7 heteroatoms. The van der Waals surface area contributed by atoms with Crippen LogP contribution in [0.25, 0.3) is 11.3 Å². The third-order valence-electron chi connectivity index (χ3n) is 5.25. The maximum absolute atomic E-state index is 6.38. The second kappa shape index (κ2) is 9.29. The van der Waals surface area contributed by atoms with Crippen molar-refractivity contribution in [2.75, 3.05) is 20.3 Å². The number of pyridine rings is 1. The summed E-state index contributed by atoms with van der Waals surface area (Å²) < 4.78 is 12.6. The predicted octanol–water partition coefficient (Wildman–Crippen LogP) is 5.42. The van der Waals surface area contributed by atoms with E-state index in [9.17, 15) is 0 Å². The Hall–Kier alpha value is -2.22. The number of benzene rings is 1. The van der Waals surface area contributed by atoms with Gasteiger partial charge >= 0.3 is 0 Å². The Kier molecular flexibility index (Phi) is 6.51. The van der Waals surface area contributed by atoms with E-state index in [0.717, 1.165) is 40.2 Å². The lowest BCUT2D eigenvalue weighted by Crippen LogP contribution is -2.31. The Morgan fingerprint density at radius 1 is 1.23 bits per heavy atom. The van der Waals surface area contributed by atoms with Gasteiger partial charge in [-0.05, 0) is 67.5 Å². The van der Waals surface area contributed by atoms with Gasteiger partial charge in [0.25, 0.3) is 0 Å². The number of furan rings is 1. The van der Waals surface area contributed by atoms with Gasteiger partial charge in [0.1, 0.15) is 17.6 Å². The first-order valence-corrected chi connectivity index (χ1v) is 11.1. The van der Waals surface area contributed by atoms with Crippen LogP contribution in [-0.4, -0.2) is 35.3 Å². The van der Waals surface area contributed by atoms with Gasteiger partial charge in [-0.15, -0.1) is 0 Å². The summed E-state index contributed by atoms with van der Waals surface area (Å²) in [4.78, 5) is 6.75. The average Bonchev–Trinajstić information content (AvgIpc) is 3.34. The number of hydrogen-bond acceptors (Lipinski definition) is 4. The molecule has 1 aromatic carbocycles. The molecule has 1 aliphatic heterocycles. The van der Waals surface area contributed by atoms with Gasteiger partial charge in [0.05, 0.1) is 11.7 Å². The zero-order valence-electron chi connectivity index (χ0n) is 17.0. The molecule has 1 N–H and O–H groups in total. The van der Waals surface area contributed by atoms with Gasteiger partial charge in [0, 0.05) is 36.5 Å². The third kappa shape index (κ3) is 4.29. The number of aryl methyl sites for hydroxylation is 1. The van der Waals surface area contributed by atoms with Crippen LogP contribution >= 0.6 is 28.1 Å². The largest absolute Gasteiger partial charge is 0.459 e. The smallest absolute Gasteiger partial charge is 0.170 e. The van der Waals surface area contributed by atoms with Gasteiger partial charge in [-0.3, -0.25) is 4.98 Å².